The Morgan fingerprint density at radius 3 is 2.62 bits per heavy atom. The highest BCUT2D eigenvalue weighted by Gasteiger charge is 2.17. The molecule has 4 heteroatoms. The summed E-state index contributed by atoms with van der Waals surface area (Å²) in [6, 6.07) is 18.8. The van der Waals surface area contributed by atoms with Crippen molar-refractivity contribution in [1.29, 1.82) is 0 Å². The van der Waals surface area contributed by atoms with Gasteiger partial charge in [-0.25, -0.2) is 4.79 Å². The molecule has 0 aliphatic rings. The van der Waals surface area contributed by atoms with Gasteiger partial charge in [0, 0.05) is 9.86 Å². The van der Waals surface area contributed by atoms with Crippen molar-refractivity contribution < 1.29 is 14.3 Å². The fraction of sp³-hybridized carbons (Fsp3) is 0.150. The molecule has 3 aromatic carbocycles. The van der Waals surface area contributed by atoms with Crippen molar-refractivity contribution in [2.24, 2.45) is 0 Å². The smallest absolute Gasteiger partial charge is 0.347 e. The van der Waals surface area contributed by atoms with E-state index in [-0.39, 0.29) is 0 Å². The molecule has 0 amide bonds. The van der Waals surface area contributed by atoms with Crippen LogP contribution in [0.3, 0.4) is 0 Å². The van der Waals surface area contributed by atoms with Crippen LogP contribution in [0.25, 0.3) is 10.8 Å². The topological polar surface area (TPSA) is 35.5 Å². The average molecular weight is 385 g/mol. The van der Waals surface area contributed by atoms with E-state index in [9.17, 15) is 4.79 Å². The van der Waals surface area contributed by atoms with Crippen LogP contribution in [0.5, 0.6) is 11.5 Å². The molecule has 24 heavy (non-hydrogen) atoms. The summed E-state index contributed by atoms with van der Waals surface area (Å²) in [6.45, 7) is 2.57. The number of esters is 1. The molecule has 0 radical (unpaired) electrons. The summed E-state index contributed by atoms with van der Waals surface area (Å²) in [5.41, 5.74) is 0.408. The molecule has 0 heterocycles. The van der Waals surface area contributed by atoms with Crippen molar-refractivity contribution >= 4 is 32.7 Å². The van der Waals surface area contributed by atoms with Gasteiger partial charge < -0.3 is 9.47 Å². The van der Waals surface area contributed by atoms with E-state index in [4.69, 9.17) is 9.47 Å². The van der Waals surface area contributed by atoms with Crippen LogP contribution in [-0.4, -0.2) is 12.6 Å². The molecule has 3 rings (SSSR count). The van der Waals surface area contributed by atoms with Crippen LogP contribution in [-0.2, 0) is 0 Å². The Labute approximate surface area is 149 Å². The lowest BCUT2D eigenvalue weighted by atomic mass is 10.1. The van der Waals surface area contributed by atoms with Gasteiger partial charge >= 0.3 is 5.97 Å². The van der Waals surface area contributed by atoms with Gasteiger partial charge in [-0.3, -0.25) is 0 Å². The summed E-state index contributed by atoms with van der Waals surface area (Å²) in [7, 11) is 0. The molecule has 122 valence electrons. The standard InChI is InChI=1S/C20H17BrO3/c1-2-12-23-18-11-10-15(21)13-17(18)20(22)24-19-9-5-7-14-6-3-4-8-16(14)19/h3-11,13H,2,12H2,1H3. The number of rotatable bonds is 5. The van der Waals surface area contributed by atoms with Crippen LogP contribution in [0.2, 0.25) is 0 Å². The SMILES string of the molecule is CCCOc1ccc(Br)cc1C(=O)Oc1cccc2ccccc12. The van der Waals surface area contributed by atoms with Gasteiger partial charge in [-0.15, -0.1) is 0 Å². The Morgan fingerprint density at radius 1 is 1.00 bits per heavy atom. The van der Waals surface area contributed by atoms with Crippen molar-refractivity contribution in [2.45, 2.75) is 13.3 Å². The number of benzene rings is 3. The normalized spacial score (nSPS) is 10.6. The van der Waals surface area contributed by atoms with E-state index in [0.29, 0.717) is 23.7 Å². The summed E-state index contributed by atoms with van der Waals surface area (Å²) < 4.78 is 12.1. The van der Waals surface area contributed by atoms with E-state index in [1.807, 2.05) is 49.4 Å². The Kier molecular flexibility index (Phi) is 5.16. The first-order chi connectivity index (χ1) is 11.7. The van der Waals surface area contributed by atoms with Crippen molar-refractivity contribution in [2.75, 3.05) is 6.61 Å². The van der Waals surface area contributed by atoms with Gasteiger partial charge in [0.1, 0.15) is 17.1 Å². The predicted molar refractivity (Wildman–Crippen MR) is 98.8 cm³/mol. The van der Waals surface area contributed by atoms with E-state index in [1.165, 1.54) is 0 Å². The molecule has 0 aliphatic carbocycles. The molecule has 3 nitrogen and oxygen atoms in total. The highest BCUT2D eigenvalue weighted by molar-refractivity contribution is 9.10. The van der Waals surface area contributed by atoms with Crippen LogP contribution >= 0.6 is 15.9 Å². The molecule has 0 saturated carbocycles. The minimum Gasteiger partial charge on any atom is -0.493 e. The molecule has 0 spiro atoms. The van der Waals surface area contributed by atoms with Crippen molar-refractivity contribution in [3.63, 3.8) is 0 Å². The molecule has 0 saturated heterocycles. The van der Waals surface area contributed by atoms with Gasteiger partial charge in [-0.1, -0.05) is 59.3 Å². The van der Waals surface area contributed by atoms with Gasteiger partial charge in [0.25, 0.3) is 0 Å². The summed E-state index contributed by atoms with van der Waals surface area (Å²) in [5.74, 6) is 0.642. The van der Waals surface area contributed by atoms with Crippen LogP contribution in [0.15, 0.2) is 65.1 Å². The number of hydrogen-bond acceptors (Lipinski definition) is 3. The summed E-state index contributed by atoms with van der Waals surface area (Å²) in [4.78, 5) is 12.7. The van der Waals surface area contributed by atoms with Gasteiger partial charge in [-0.2, -0.15) is 0 Å². The maximum absolute atomic E-state index is 12.7. The van der Waals surface area contributed by atoms with E-state index in [1.54, 1.807) is 18.2 Å². The number of carbonyl (C=O) groups is 1. The fourth-order valence-electron chi connectivity index (χ4n) is 2.44. The predicted octanol–water partition coefficient (Wildman–Crippen LogP) is 5.61. The second-order valence-electron chi connectivity index (χ2n) is 5.36. The van der Waals surface area contributed by atoms with Gasteiger partial charge in [0.15, 0.2) is 0 Å². The van der Waals surface area contributed by atoms with Crippen LogP contribution < -0.4 is 9.47 Å². The molecule has 0 aromatic heterocycles. The Hall–Kier alpha value is -2.33. The monoisotopic (exact) mass is 384 g/mol. The third-order valence-electron chi connectivity index (χ3n) is 3.58. The molecule has 0 unspecified atom stereocenters. The molecule has 0 bridgehead atoms. The molecular formula is C20H17BrO3. The third-order valence-corrected chi connectivity index (χ3v) is 4.07. The first-order valence-corrected chi connectivity index (χ1v) is 8.60. The summed E-state index contributed by atoms with van der Waals surface area (Å²) in [6.07, 6.45) is 0.869. The van der Waals surface area contributed by atoms with E-state index in [2.05, 4.69) is 15.9 Å². The largest absolute Gasteiger partial charge is 0.493 e. The minimum atomic E-state index is -0.432. The van der Waals surface area contributed by atoms with E-state index in [0.717, 1.165) is 21.7 Å². The minimum absolute atomic E-state index is 0.408. The molecule has 0 fully saturated rings. The zero-order chi connectivity index (χ0) is 16.9. The molecule has 0 N–H and O–H groups in total. The first-order valence-electron chi connectivity index (χ1n) is 7.81. The lowest BCUT2D eigenvalue weighted by Crippen LogP contribution is -2.11. The number of fused-ring (bicyclic) bond motifs is 1. The number of hydrogen-bond donors (Lipinski definition) is 0. The van der Waals surface area contributed by atoms with E-state index < -0.39 is 5.97 Å². The Morgan fingerprint density at radius 2 is 1.79 bits per heavy atom. The number of halogens is 1. The lowest BCUT2D eigenvalue weighted by Gasteiger charge is -2.12. The summed E-state index contributed by atoms with van der Waals surface area (Å²) in [5, 5.41) is 1.93. The van der Waals surface area contributed by atoms with E-state index >= 15 is 0 Å². The van der Waals surface area contributed by atoms with Gasteiger partial charge in [0.2, 0.25) is 0 Å². The number of carbonyl (C=O) groups excluding carboxylic acids is 1. The maximum atomic E-state index is 12.7. The average Bonchev–Trinajstić information content (AvgIpc) is 2.61. The Bertz CT molecular complexity index is 868. The lowest BCUT2D eigenvalue weighted by molar-refractivity contribution is 0.0732. The second-order valence-corrected chi connectivity index (χ2v) is 6.27. The van der Waals surface area contributed by atoms with Gasteiger partial charge in [-0.05, 0) is 36.1 Å². The quantitative estimate of drug-likeness (QED) is 0.423. The zero-order valence-electron chi connectivity index (χ0n) is 13.3. The first kappa shape index (κ1) is 16.5. The fourth-order valence-corrected chi connectivity index (χ4v) is 2.80. The summed E-state index contributed by atoms with van der Waals surface area (Å²) >= 11 is 3.39. The van der Waals surface area contributed by atoms with Crippen LogP contribution in [0.1, 0.15) is 23.7 Å². The molecule has 0 atom stereocenters. The molecule has 3 aromatic rings. The third kappa shape index (κ3) is 3.60. The van der Waals surface area contributed by atoms with Crippen LogP contribution in [0.4, 0.5) is 0 Å². The molecule has 0 aliphatic heterocycles. The second kappa shape index (κ2) is 7.49. The van der Waals surface area contributed by atoms with Crippen molar-refractivity contribution in [1.82, 2.24) is 0 Å². The number of ether oxygens (including phenoxy) is 2. The molecular weight excluding hydrogens is 368 g/mol. The maximum Gasteiger partial charge on any atom is 0.347 e. The highest BCUT2D eigenvalue weighted by atomic mass is 79.9. The van der Waals surface area contributed by atoms with Gasteiger partial charge in [0.05, 0.1) is 6.61 Å². The zero-order valence-corrected chi connectivity index (χ0v) is 14.9. The highest BCUT2D eigenvalue weighted by Crippen LogP contribution is 2.29. The van der Waals surface area contributed by atoms with Crippen LogP contribution in [0, 0.1) is 0 Å². The Balaban J connectivity index is 1.93. The van der Waals surface area contributed by atoms with Crippen molar-refractivity contribution in [3.8, 4) is 11.5 Å². The van der Waals surface area contributed by atoms with Crippen molar-refractivity contribution in [3.05, 3.63) is 70.7 Å².